The topological polar surface area (TPSA) is 108 Å². The molecule has 0 bridgehead atoms. The lowest BCUT2D eigenvalue weighted by Crippen LogP contribution is -2.37. The maximum absolute atomic E-state index is 12.7. The van der Waals surface area contributed by atoms with E-state index in [1.165, 1.54) is 141 Å². The van der Waals surface area contributed by atoms with Crippen LogP contribution in [-0.2, 0) is 32.7 Å². The highest BCUT2D eigenvalue weighted by Crippen LogP contribution is 2.43. The maximum atomic E-state index is 12.7. The van der Waals surface area contributed by atoms with E-state index in [0.29, 0.717) is 23.9 Å². The van der Waals surface area contributed by atoms with E-state index in [9.17, 15) is 19.0 Å². The highest BCUT2D eigenvalue weighted by Gasteiger charge is 2.27. The number of hydrogen-bond donors (Lipinski definition) is 1. The number of esters is 2. The molecule has 0 radical (unpaired) electrons. The third-order valence-corrected chi connectivity index (χ3v) is 11.9. The lowest BCUT2D eigenvalue weighted by Gasteiger charge is -2.24. The van der Waals surface area contributed by atoms with Crippen molar-refractivity contribution in [2.75, 3.05) is 47.5 Å². The van der Waals surface area contributed by atoms with Gasteiger partial charge in [0.05, 0.1) is 27.7 Å². The van der Waals surface area contributed by atoms with Crippen LogP contribution in [0.3, 0.4) is 0 Å². The summed E-state index contributed by atoms with van der Waals surface area (Å²) in [6, 6.07) is 0. The minimum Gasteiger partial charge on any atom is -0.462 e. The third-order valence-electron chi connectivity index (χ3n) is 10.9. The van der Waals surface area contributed by atoms with Gasteiger partial charge < -0.3 is 18.9 Å². The molecule has 0 amide bonds. The number of carbonyl (C=O) groups is 2. The van der Waals surface area contributed by atoms with E-state index in [4.69, 9.17) is 18.5 Å². The van der Waals surface area contributed by atoms with Crippen LogP contribution in [0.4, 0.5) is 0 Å². The van der Waals surface area contributed by atoms with Crippen LogP contribution in [0.2, 0.25) is 0 Å². The van der Waals surface area contributed by atoms with E-state index >= 15 is 0 Å². The van der Waals surface area contributed by atoms with E-state index in [1.807, 2.05) is 21.1 Å². The fourth-order valence-corrected chi connectivity index (χ4v) is 7.78. The van der Waals surface area contributed by atoms with Crippen molar-refractivity contribution in [2.24, 2.45) is 11.8 Å². The summed E-state index contributed by atoms with van der Waals surface area (Å²) in [5.74, 6) is 0.831. The van der Waals surface area contributed by atoms with Gasteiger partial charge >= 0.3 is 19.8 Å². The van der Waals surface area contributed by atoms with Crippen molar-refractivity contribution in [3.63, 3.8) is 0 Å². The first kappa shape index (κ1) is 55.0. The molecule has 0 saturated carbocycles. The smallest absolute Gasteiger partial charge is 0.462 e. The highest BCUT2D eigenvalue weighted by atomic mass is 31.2. The number of ether oxygens (including phenoxy) is 2. The van der Waals surface area contributed by atoms with Crippen molar-refractivity contribution in [2.45, 2.75) is 226 Å². The molecular weight excluding hydrogens is 725 g/mol. The Balaban J connectivity index is 4.40. The van der Waals surface area contributed by atoms with E-state index in [1.54, 1.807) is 0 Å². The predicted octanol–water partition coefficient (Wildman–Crippen LogP) is 13.3. The van der Waals surface area contributed by atoms with Gasteiger partial charge in [0, 0.05) is 12.8 Å². The summed E-state index contributed by atoms with van der Waals surface area (Å²) in [6.07, 6.45) is 34.2. The molecule has 0 aromatic rings. The summed E-state index contributed by atoms with van der Waals surface area (Å²) in [4.78, 5) is 35.5. The molecule has 0 saturated heterocycles. The Bertz CT molecular complexity index is 958. The van der Waals surface area contributed by atoms with Crippen LogP contribution in [0.25, 0.3) is 0 Å². The first-order valence-electron chi connectivity index (χ1n) is 23.5. The molecule has 0 fully saturated rings. The highest BCUT2D eigenvalue weighted by molar-refractivity contribution is 7.47. The molecule has 4 unspecified atom stereocenters. The third kappa shape index (κ3) is 39.8. The summed E-state index contributed by atoms with van der Waals surface area (Å²) >= 11 is 0. The average Bonchev–Trinajstić information content (AvgIpc) is 3.13. The molecular formula is C46H93NO8P+. The second-order valence-corrected chi connectivity index (χ2v) is 19.5. The molecule has 0 heterocycles. The van der Waals surface area contributed by atoms with Crippen molar-refractivity contribution in [1.29, 1.82) is 0 Å². The molecule has 0 aliphatic rings. The number of phosphoric acid groups is 1. The number of nitrogens with zero attached hydrogens (tertiary/aromatic N) is 1. The Hall–Kier alpha value is -0.990. The summed E-state index contributed by atoms with van der Waals surface area (Å²) in [6.45, 7) is 9.23. The zero-order valence-electron chi connectivity index (χ0n) is 38.0. The van der Waals surface area contributed by atoms with Crippen LogP contribution in [0.15, 0.2) is 0 Å². The lowest BCUT2D eigenvalue weighted by atomic mass is 9.96. The number of unbranched alkanes of at least 4 members (excludes halogenated alkanes) is 20. The SMILES string of the molecule is CCCCCCCCC(C)CCCCCCCCC(=O)OCC(COP(=O)(O)OCC[N+](C)(C)C)OC(=O)CCCCCCCCC(C)CCCCCCCC. The van der Waals surface area contributed by atoms with Crippen molar-refractivity contribution in [3.8, 4) is 0 Å². The minimum absolute atomic E-state index is 0.0350. The Kier molecular flexibility index (Phi) is 36.4. The van der Waals surface area contributed by atoms with Gasteiger partial charge in [-0.15, -0.1) is 0 Å². The van der Waals surface area contributed by atoms with Crippen molar-refractivity contribution >= 4 is 19.8 Å². The summed E-state index contributed by atoms with van der Waals surface area (Å²) in [5, 5.41) is 0. The largest absolute Gasteiger partial charge is 0.472 e. The Morgan fingerprint density at radius 1 is 0.536 bits per heavy atom. The van der Waals surface area contributed by atoms with Gasteiger partial charge in [-0.25, -0.2) is 4.57 Å². The number of rotatable bonds is 42. The number of quaternary nitrogens is 1. The summed E-state index contributed by atoms with van der Waals surface area (Å²) in [5.41, 5.74) is 0. The Labute approximate surface area is 346 Å². The first-order valence-corrected chi connectivity index (χ1v) is 25.0. The van der Waals surface area contributed by atoms with Gasteiger partial charge in [-0.1, -0.05) is 195 Å². The second kappa shape index (κ2) is 37.0. The van der Waals surface area contributed by atoms with E-state index in [2.05, 4.69) is 27.7 Å². The lowest BCUT2D eigenvalue weighted by molar-refractivity contribution is -0.870. The molecule has 9 nitrogen and oxygen atoms in total. The Morgan fingerprint density at radius 3 is 1.32 bits per heavy atom. The molecule has 0 spiro atoms. The van der Waals surface area contributed by atoms with Gasteiger partial charge in [0.25, 0.3) is 0 Å². The van der Waals surface area contributed by atoms with E-state index in [0.717, 1.165) is 43.9 Å². The molecule has 0 aromatic heterocycles. The molecule has 10 heteroatoms. The van der Waals surface area contributed by atoms with Crippen molar-refractivity contribution in [1.82, 2.24) is 0 Å². The van der Waals surface area contributed by atoms with Crippen molar-refractivity contribution < 1.29 is 42.1 Å². The van der Waals surface area contributed by atoms with Gasteiger partial charge in [0.2, 0.25) is 0 Å². The van der Waals surface area contributed by atoms with Gasteiger partial charge in [0.1, 0.15) is 19.8 Å². The van der Waals surface area contributed by atoms with Crippen LogP contribution >= 0.6 is 7.82 Å². The van der Waals surface area contributed by atoms with Gasteiger partial charge in [-0.2, -0.15) is 0 Å². The monoisotopic (exact) mass is 819 g/mol. The van der Waals surface area contributed by atoms with E-state index in [-0.39, 0.29) is 25.6 Å². The molecule has 0 aliphatic heterocycles. The van der Waals surface area contributed by atoms with Gasteiger partial charge in [-0.05, 0) is 24.7 Å². The fourth-order valence-electron chi connectivity index (χ4n) is 7.04. The molecule has 334 valence electrons. The molecule has 0 aliphatic carbocycles. The van der Waals surface area contributed by atoms with Crippen LogP contribution in [0.1, 0.15) is 220 Å². The summed E-state index contributed by atoms with van der Waals surface area (Å²) < 4.78 is 34.4. The van der Waals surface area contributed by atoms with E-state index < -0.39 is 26.5 Å². The second-order valence-electron chi connectivity index (χ2n) is 18.0. The van der Waals surface area contributed by atoms with Gasteiger partial charge in [-0.3, -0.25) is 18.6 Å². The molecule has 56 heavy (non-hydrogen) atoms. The molecule has 4 atom stereocenters. The molecule has 0 rings (SSSR count). The maximum Gasteiger partial charge on any atom is 0.472 e. The predicted molar refractivity (Wildman–Crippen MR) is 234 cm³/mol. The average molecular weight is 819 g/mol. The fraction of sp³-hybridized carbons (Fsp3) is 0.957. The molecule has 1 N–H and O–H groups in total. The standard InChI is InChI=1S/C46H92NO8P/c1-8-10-12-14-20-26-32-42(3)34-28-22-16-18-24-30-36-45(48)52-40-44(41-54-56(50,51)53-39-38-47(5,6)7)55-46(49)37-31-25-19-17-23-29-35-43(4)33-27-21-15-13-11-9-2/h42-44H,8-41H2,1-7H3/p+1. The Morgan fingerprint density at radius 2 is 0.911 bits per heavy atom. The number of carbonyl (C=O) groups excluding carboxylic acids is 2. The number of hydrogen-bond acceptors (Lipinski definition) is 7. The normalized spacial score (nSPS) is 14.6. The number of phosphoric ester groups is 1. The van der Waals surface area contributed by atoms with Crippen LogP contribution in [-0.4, -0.2) is 74.9 Å². The van der Waals surface area contributed by atoms with Gasteiger partial charge in [0.15, 0.2) is 6.10 Å². The van der Waals surface area contributed by atoms with Crippen LogP contribution in [0, 0.1) is 11.8 Å². The van der Waals surface area contributed by atoms with Crippen LogP contribution in [0.5, 0.6) is 0 Å². The van der Waals surface area contributed by atoms with Crippen molar-refractivity contribution in [3.05, 3.63) is 0 Å². The quantitative estimate of drug-likeness (QED) is 0.0281. The zero-order valence-corrected chi connectivity index (χ0v) is 38.9. The first-order chi connectivity index (χ1) is 26.8. The molecule has 0 aromatic carbocycles. The minimum atomic E-state index is -4.37. The zero-order chi connectivity index (χ0) is 41.8. The summed E-state index contributed by atoms with van der Waals surface area (Å²) in [7, 11) is 1.49. The van der Waals surface area contributed by atoms with Crippen LogP contribution < -0.4 is 0 Å². The number of likely N-dealkylation sites (N-methyl/N-ethyl adjacent to an activating group) is 1.